The van der Waals surface area contributed by atoms with Crippen molar-refractivity contribution in [2.45, 2.75) is 45.7 Å². The Hall–Kier alpha value is -4.92. The average molecular weight is 554 g/mol. The number of nitrogens with zero attached hydrogens (tertiary/aromatic N) is 2. The molecule has 2 heterocycles. The molecular weight excluding hydrogens is 522 g/mol. The number of ketones is 1. The highest BCUT2D eigenvalue weighted by Gasteiger charge is 2.18. The van der Waals surface area contributed by atoms with Crippen LogP contribution in [0.5, 0.6) is 11.5 Å². The molecule has 0 radical (unpaired) electrons. The molecule has 1 amide bonds. The van der Waals surface area contributed by atoms with E-state index in [0.29, 0.717) is 35.6 Å². The smallest absolute Gasteiger partial charge is 0.331 e. The SMILES string of the molecule is C=CCCn1c(=O)c2ccc(C(=O)CCc3ccc4c(c3)OCO4)cc2n(CC(=O)Nc2ccc(CC)cc2)c1=O. The summed E-state index contributed by atoms with van der Waals surface area (Å²) in [5.74, 6) is 0.747. The molecule has 1 aliphatic rings. The first-order chi connectivity index (χ1) is 19.9. The molecular formula is C32H31N3O6. The van der Waals surface area contributed by atoms with Gasteiger partial charge in [-0.15, -0.1) is 6.58 Å². The number of hydrogen-bond donors (Lipinski definition) is 1. The zero-order valence-corrected chi connectivity index (χ0v) is 22.9. The monoisotopic (exact) mass is 553 g/mol. The van der Waals surface area contributed by atoms with Crippen molar-refractivity contribution in [1.29, 1.82) is 0 Å². The van der Waals surface area contributed by atoms with Crippen molar-refractivity contribution in [2.75, 3.05) is 12.1 Å². The highest BCUT2D eigenvalue weighted by Crippen LogP contribution is 2.33. The lowest BCUT2D eigenvalue weighted by molar-refractivity contribution is -0.116. The van der Waals surface area contributed by atoms with Crippen molar-refractivity contribution in [3.05, 3.63) is 111 Å². The molecule has 0 atom stereocenters. The third-order valence-electron chi connectivity index (χ3n) is 7.13. The van der Waals surface area contributed by atoms with Gasteiger partial charge in [-0.05, 0) is 66.8 Å². The first-order valence-electron chi connectivity index (χ1n) is 13.6. The lowest BCUT2D eigenvalue weighted by Gasteiger charge is -2.15. The third-order valence-corrected chi connectivity index (χ3v) is 7.13. The molecule has 0 saturated heterocycles. The molecule has 0 unspecified atom stereocenters. The van der Waals surface area contributed by atoms with Gasteiger partial charge in [0.1, 0.15) is 6.54 Å². The molecule has 41 heavy (non-hydrogen) atoms. The second-order valence-corrected chi connectivity index (χ2v) is 9.84. The number of amides is 1. The second kappa shape index (κ2) is 12.1. The summed E-state index contributed by atoms with van der Waals surface area (Å²) in [7, 11) is 0. The zero-order chi connectivity index (χ0) is 28.9. The number of fused-ring (bicyclic) bond motifs is 2. The Labute approximate surface area is 236 Å². The summed E-state index contributed by atoms with van der Waals surface area (Å²) in [6.45, 7) is 5.70. The van der Waals surface area contributed by atoms with Gasteiger partial charge in [0.2, 0.25) is 12.7 Å². The van der Waals surface area contributed by atoms with Gasteiger partial charge in [-0.25, -0.2) is 4.79 Å². The maximum Gasteiger partial charge on any atom is 0.331 e. The van der Waals surface area contributed by atoms with Gasteiger partial charge in [0.05, 0.1) is 10.9 Å². The summed E-state index contributed by atoms with van der Waals surface area (Å²) in [5, 5.41) is 3.07. The third kappa shape index (κ3) is 5.99. The summed E-state index contributed by atoms with van der Waals surface area (Å²) in [5.41, 5.74) is 2.16. The number of aromatic nitrogens is 2. The van der Waals surface area contributed by atoms with Gasteiger partial charge in [0.15, 0.2) is 17.3 Å². The largest absolute Gasteiger partial charge is 0.454 e. The molecule has 1 aliphatic heterocycles. The van der Waals surface area contributed by atoms with Crippen LogP contribution in [0.15, 0.2) is 82.9 Å². The Morgan fingerprint density at radius 3 is 2.46 bits per heavy atom. The Morgan fingerprint density at radius 2 is 1.71 bits per heavy atom. The molecule has 0 fully saturated rings. The predicted octanol–water partition coefficient (Wildman–Crippen LogP) is 4.48. The van der Waals surface area contributed by atoms with Crippen molar-refractivity contribution in [3.63, 3.8) is 0 Å². The summed E-state index contributed by atoms with van der Waals surface area (Å²) in [6, 6.07) is 17.7. The number of benzene rings is 3. The fraction of sp³-hybridized carbons (Fsp3) is 0.250. The van der Waals surface area contributed by atoms with Crippen LogP contribution in [0.3, 0.4) is 0 Å². The number of carbonyl (C=O) groups excluding carboxylic acids is 2. The minimum absolute atomic E-state index is 0.132. The Balaban J connectivity index is 1.44. The van der Waals surface area contributed by atoms with Crippen molar-refractivity contribution < 1.29 is 19.1 Å². The molecule has 0 saturated carbocycles. The van der Waals surface area contributed by atoms with E-state index >= 15 is 0 Å². The van der Waals surface area contributed by atoms with E-state index < -0.39 is 17.2 Å². The lowest BCUT2D eigenvalue weighted by atomic mass is 10.0. The zero-order valence-electron chi connectivity index (χ0n) is 22.9. The van der Waals surface area contributed by atoms with Crippen molar-refractivity contribution >= 4 is 28.3 Å². The fourth-order valence-corrected chi connectivity index (χ4v) is 4.83. The molecule has 9 nitrogen and oxygen atoms in total. The summed E-state index contributed by atoms with van der Waals surface area (Å²) < 4.78 is 13.1. The van der Waals surface area contributed by atoms with E-state index in [2.05, 4.69) is 11.9 Å². The predicted molar refractivity (Wildman–Crippen MR) is 157 cm³/mol. The standard InChI is InChI=1S/C32H31N3O6/c1-3-5-16-34-31(38)25-13-10-23(27(36)14-8-22-9-15-28-29(17-22)41-20-40-28)18-26(25)35(32(34)39)19-30(37)33-24-11-6-21(4-2)7-12-24/h3,6-7,9-13,15,17-18H,1,4-5,8,14,16,19-20H2,2H3,(H,33,37). The van der Waals surface area contributed by atoms with E-state index in [-0.39, 0.29) is 43.0 Å². The number of allylic oxidation sites excluding steroid dienone is 1. The summed E-state index contributed by atoms with van der Waals surface area (Å²) in [4.78, 5) is 52.9. The Bertz CT molecular complexity index is 1750. The van der Waals surface area contributed by atoms with Crippen molar-refractivity contribution in [1.82, 2.24) is 9.13 Å². The van der Waals surface area contributed by atoms with Crippen LogP contribution in [0.25, 0.3) is 10.9 Å². The van der Waals surface area contributed by atoms with Crippen molar-refractivity contribution in [2.24, 2.45) is 0 Å². The highest BCUT2D eigenvalue weighted by atomic mass is 16.7. The molecule has 9 heteroatoms. The molecule has 1 aromatic heterocycles. The number of Topliss-reactive ketones (excluding diaryl/α,β-unsaturated/α-hetero) is 1. The molecule has 0 bridgehead atoms. The molecule has 0 spiro atoms. The number of carbonyl (C=O) groups is 2. The van der Waals surface area contributed by atoms with Gasteiger partial charge in [-0.3, -0.25) is 23.5 Å². The quantitative estimate of drug-likeness (QED) is 0.217. The van der Waals surface area contributed by atoms with Crippen LogP contribution < -0.4 is 26.0 Å². The van der Waals surface area contributed by atoms with E-state index in [1.54, 1.807) is 30.3 Å². The molecule has 4 aromatic rings. The van der Waals surface area contributed by atoms with Crippen LogP contribution in [0.4, 0.5) is 5.69 Å². The lowest BCUT2D eigenvalue weighted by Crippen LogP contribution is -2.41. The molecule has 1 N–H and O–H groups in total. The van der Waals surface area contributed by atoms with Crippen LogP contribution in [0.2, 0.25) is 0 Å². The van der Waals surface area contributed by atoms with Crippen LogP contribution >= 0.6 is 0 Å². The molecule has 3 aromatic carbocycles. The van der Waals surface area contributed by atoms with Gasteiger partial charge in [0.25, 0.3) is 5.56 Å². The second-order valence-electron chi connectivity index (χ2n) is 9.84. The highest BCUT2D eigenvalue weighted by molar-refractivity contribution is 5.99. The molecule has 210 valence electrons. The number of nitrogens with one attached hydrogen (secondary N) is 1. The molecule has 5 rings (SSSR count). The minimum Gasteiger partial charge on any atom is -0.454 e. The van der Waals surface area contributed by atoms with Crippen LogP contribution in [0, 0.1) is 0 Å². The topological polar surface area (TPSA) is 109 Å². The maximum atomic E-state index is 13.5. The van der Waals surface area contributed by atoms with E-state index in [4.69, 9.17) is 9.47 Å². The fourth-order valence-electron chi connectivity index (χ4n) is 4.83. The molecule has 0 aliphatic carbocycles. The van der Waals surface area contributed by atoms with Gasteiger partial charge in [0, 0.05) is 24.2 Å². The Morgan fingerprint density at radius 1 is 0.951 bits per heavy atom. The van der Waals surface area contributed by atoms with Crippen LogP contribution in [0.1, 0.15) is 41.3 Å². The first kappa shape index (κ1) is 27.6. The number of hydrogen-bond acceptors (Lipinski definition) is 6. The maximum absolute atomic E-state index is 13.5. The first-order valence-corrected chi connectivity index (χ1v) is 13.6. The van der Waals surface area contributed by atoms with E-state index in [1.807, 2.05) is 37.3 Å². The van der Waals surface area contributed by atoms with Gasteiger partial charge in [-0.1, -0.05) is 37.3 Å². The minimum atomic E-state index is -0.620. The summed E-state index contributed by atoms with van der Waals surface area (Å²) >= 11 is 0. The number of ether oxygens (including phenoxy) is 2. The number of aryl methyl sites for hydroxylation is 2. The number of anilines is 1. The van der Waals surface area contributed by atoms with Gasteiger partial charge in [-0.2, -0.15) is 0 Å². The Kier molecular flexibility index (Phi) is 8.14. The summed E-state index contributed by atoms with van der Waals surface area (Å²) in [6.07, 6.45) is 3.59. The normalized spacial score (nSPS) is 11.9. The average Bonchev–Trinajstić information content (AvgIpc) is 3.46. The van der Waals surface area contributed by atoms with E-state index in [9.17, 15) is 19.2 Å². The van der Waals surface area contributed by atoms with E-state index in [0.717, 1.165) is 22.1 Å². The van der Waals surface area contributed by atoms with E-state index in [1.165, 1.54) is 10.6 Å². The van der Waals surface area contributed by atoms with Gasteiger partial charge < -0.3 is 14.8 Å². The van der Waals surface area contributed by atoms with Gasteiger partial charge >= 0.3 is 5.69 Å². The van der Waals surface area contributed by atoms with Crippen molar-refractivity contribution in [3.8, 4) is 11.5 Å². The van der Waals surface area contributed by atoms with Crippen LogP contribution in [-0.4, -0.2) is 27.6 Å². The van der Waals surface area contributed by atoms with Crippen LogP contribution in [-0.2, 0) is 30.7 Å². The number of rotatable bonds is 11.